The van der Waals surface area contributed by atoms with Gasteiger partial charge in [0.15, 0.2) is 23.3 Å². The lowest BCUT2D eigenvalue weighted by atomic mass is 9.94. The second kappa shape index (κ2) is 17.9. The van der Waals surface area contributed by atoms with E-state index in [0.29, 0.717) is 23.3 Å². The van der Waals surface area contributed by atoms with Crippen molar-refractivity contribution in [1.82, 2.24) is 29.9 Å². The Balaban J connectivity index is 1.22. The Bertz CT molecular complexity index is 3030. The van der Waals surface area contributed by atoms with Crippen molar-refractivity contribution in [3.63, 3.8) is 0 Å². The van der Waals surface area contributed by atoms with Crippen molar-refractivity contribution in [2.75, 3.05) is 0 Å². The number of carbonyl (C=O) groups is 1. The summed E-state index contributed by atoms with van der Waals surface area (Å²) in [4.78, 5) is 46.0. The van der Waals surface area contributed by atoms with Crippen LogP contribution in [0.15, 0.2) is 194 Å². The minimum absolute atomic E-state index is 0.0864. The molecule has 316 valence electrons. The largest absolute Gasteiger partial charge is 0.281 e. The van der Waals surface area contributed by atoms with Crippen LogP contribution < -0.4 is 0 Å². The summed E-state index contributed by atoms with van der Waals surface area (Å²) < 4.78 is 0. The number of aromatic nitrogens is 6. The van der Waals surface area contributed by atoms with Crippen LogP contribution in [-0.2, 0) is 0 Å². The lowest BCUT2D eigenvalue weighted by Crippen LogP contribution is -2.16. The van der Waals surface area contributed by atoms with E-state index < -0.39 is 5.78 Å². The monoisotopic (exact) mass is 852 g/mol. The summed E-state index contributed by atoms with van der Waals surface area (Å²) in [5.74, 6) is 0.677. The summed E-state index contributed by atoms with van der Waals surface area (Å²) in [5.41, 5.74) is 15.3. The van der Waals surface area contributed by atoms with Crippen molar-refractivity contribution in [3.05, 3.63) is 228 Å². The van der Waals surface area contributed by atoms with Crippen molar-refractivity contribution in [3.8, 4) is 90.1 Å². The van der Waals surface area contributed by atoms with Crippen LogP contribution in [0.3, 0.4) is 0 Å². The van der Waals surface area contributed by atoms with Gasteiger partial charge in [0.2, 0.25) is 11.6 Å². The summed E-state index contributed by atoms with van der Waals surface area (Å²) >= 11 is 0. The fraction of sp³-hybridized carbons (Fsp3) is 0.0678. The number of ketones is 1. The third kappa shape index (κ3) is 7.99. The van der Waals surface area contributed by atoms with E-state index in [4.69, 9.17) is 29.9 Å². The molecule has 0 aliphatic rings. The number of rotatable bonds is 10. The zero-order chi connectivity index (χ0) is 45.1. The van der Waals surface area contributed by atoms with E-state index >= 15 is 4.79 Å². The first-order valence-corrected chi connectivity index (χ1v) is 22.0. The highest BCUT2D eigenvalue weighted by Crippen LogP contribution is 2.38. The second-order valence-electron chi connectivity index (χ2n) is 16.4. The van der Waals surface area contributed by atoms with Gasteiger partial charge in [-0.2, -0.15) is 0 Å². The Hall–Kier alpha value is -8.55. The minimum Gasteiger partial charge on any atom is -0.281 e. The molecule has 8 aromatic carbocycles. The van der Waals surface area contributed by atoms with Gasteiger partial charge < -0.3 is 0 Å². The van der Waals surface area contributed by atoms with Gasteiger partial charge in [-0.15, -0.1) is 0 Å². The fourth-order valence-corrected chi connectivity index (χ4v) is 8.69. The summed E-state index contributed by atoms with van der Waals surface area (Å²) in [5, 5.41) is 0. The normalized spacial score (nSPS) is 11.1. The molecule has 0 unspecified atom stereocenters. The maximum Gasteiger partial charge on any atom is 0.267 e. The third-order valence-corrected chi connectivity index (χ3v) is 12.1. The standard InChI is InChI=1S/C59H44N6O/c1-37-21-5-9-25-41(37)45-29-13-17-33-49(45)54-60-55(50-34-18-14-30-46(50)42-26-10-6-22-38(42)2)63-58(62-54)53(66)59-64-56(51-35-19-15-31-47(51)43-27-11-7-23-39(43)3)61-57(65-59)52-36-20-16-32-48(52)44-28-12-8-24-40(44)4/h5-36H,1-4H3. The number of carbonyl (C=O) groups excluding carboxylic acids is 1. The van der Waals surface area contributed by atoms with Gasteiger partial charge in [-0.1, -0.05) is 194 Å². The van der Waals surface area contributed by atoms with Crippen molar-refractivity contribution >= 4 is 5.78 Å². The average Bonchev–Trinajstić information content (AvgIpc) is 3.36. The Kier molecular flexibility index (Phi) is 11.2. The zero-order valence-electron chi connectivity index (χ0n) is 37.1. The zero-order valence-corrected chi connectivity index (χ0v) is 37.1. The molecule has 10 aromatic rings. The lowest BCUT2D eigenvalue weighted by molar-refractivity contribution is 0.101. The Morgan fingerprint density at radius 2 is 0.424 bits per heavy atom. The molecule has 0 aliphatic heterocycles. The van der Waals surface area contributed by atoms with Crippen molar-refractivity contribution in [1.29, 1.82) is 0 Å². The van der Waals surface area contributed by atoms with Gasteiger partial charge in [-0.25, -0.2) is 29.9 Å². The molecule has 0 atom stereocenters. The highest BCUT2D eigenvalue weighted by Gasteiger charge is 2.26. The SMILES string of the molecule is Cc1ccccc1-c1ccccc1-c1nc(C(=O)c2nc(-c3ccccc3-c3ccccc3C)nc(-c3ccccc3-c3ccccc3C)n2)nc(-c2ccccc2-c2ccccc2C)n1. The van der Waals surface area contributed by atoms with E-state index in [1.165, 1.54) is 0 Å². The smallest absolute Gasteiger partial charge is 0.267 e. The van der Waals surface area contributed by atoms with E-state index in [2.05, 4.69) is 100 Å². The highest BCUT2D eigenvalue weighted by atomic mass is 16.1. The van der Waals surface area contributed by atoms with E-state index in [1.807, 2.05) is 121 Å². The fourth-order valence-electron chi connectivity index (χ4n) is 8.69. The second-order valence-corrected chi connectivity index (χ2v) is 16.4. The van der Waals surface area contributed by atoms with Crippen LogP contribution >= 0.6 is 0 Å². The Labute approximate surface area is 384 Å². The summed E-state index contributed by atoms with van der Waals surface area (Å²) in [6.45, 7) is 8.34. The molecule has 2 aromatic heterocycles. The van der Waals surface area contributed by atoms with Gasteiger partial charge in [-0.3, -0.25) is 4.79 Å². The van der Waals surface area contributed by atoms with E-state index in [0.717, 1.165) is 89.0 Å². The van der Waals surface area contributed by atoms with Gasteiger partial charge in [-0.05, 0) is 94.5 Å². The van der Waals surface area contributed by atoms with Gasteiger partial charge in [0.25, 0.3) is 5.78 Å². The van der Waals surface area contributed by atoms with Crippen LogP contribution in [0.25, 0.3) is 90.1 Å². The van der Waals surface area contributed by atoms with Crippen LogP contribution in [0.5, 0.6) is 0 Å². The third-order valence-electron chi connectivity index (χ3n) is 12.1. The molecular weight excluding hydrogens is 809 g/mol. The molecule has 0 spiro atoms. The maximum absolute atomic E-state index is 15.5. The Morgan fingerprint density at radius 1 is 0.242 bits per heavy atom. The van der Waals surface area contributed by atoms with Crippen LogP contribution in [0.2, 0.25) is 0 Å². The van der Waals surface area contributed by atoms with Gasteiger partial charge in [0.1, 0.15) is 0 Å². The molecule has 2 heterocycles. The van der Waals surface area contributed by atoms with Crippen LogP contribution in [0, 0.1) is 27.7 Å². The number of nitrogens with zero attached hydrogens (tertiary/aromatic N) is 6. The molecule has 0 amide bonds. The average molecular weight is 853 g/mol. The van der Waals surface area contributed by atoms with Gasteiger partial charge in [0, 0.05) is 22.3 Å². The Morgan fingerprint density at radius 3 is 0.636 bits per heavy atom. The summed E-state index contributed by atoms with van der Waals surface area (Å²) in [7, 11) is 0. The first-order valence-electron chi connectivity index (χ1n) is 22.0. The number of benzene rings is 8. The maximum atomic E-state index is 15.5. The summed E-state index contributed by atoms with van der Waals surface area (Å²) in [6.07, 6.45) is 0. The van der Waals surface area contributed by atoms with E-state index in [9.17, 15) is 0 Å². The quantitative estimate of drug-likeness (QED) is 0.126. The molecule has 0 radical (unpaired) electrons. The predicted octanol–water partition coefficient (Wildman–Crippen LogP) is 13.9. The number of hydrogen-bond donors (Lipinski definition) is 0. The van der Waals surface area contributed by atoms with Crippen LogP contribution in [-0.4, -0.2) is 35.7 Å². The van der Waals surface area contributed by atoms with Crippen molar-refractivity contribution in [2.45, 2.75) is 27.7 Å². The molecule has 0 saturated heterocycles. The first-order chi connectivity index (χ1) is 32.3. The number of aryl methyl sites for hydroxylation is 4. The number of hydrogen-bond acceptors (Lipinski definition) is 7. The van der Waals surface area contributed by atoms with Gasteiger partial charge in [0.05, 0.1) is 0 Å². The van der Waals surface area contributed by atoms with E-state index in [-0.39, 0.29) is 11.6 Å². The lowest BCUT2D eigenvalue weighted by Gasteiger charge is -2.16. The van der Waals surface area contributed by atoms with Gasteiger partial charge >= 0.3 is 0 Å². The van der Waals surface area contributed by atoms with E-state index in [1.54, 1.807) is 0 Å². The van der Waals surface area contributed by atoms with Crippen LogP contribution in [0.1, 0.15) is 38.7 Å². The first kappa shape index (κ1) is 41.5. The molecule has 0 aliphatic carbocycles. The van der Waals surface area contributed by atoms with Crippen LogP contribution in [0.4, 0.5) is 0 Å². The van der Waals surface area contributed by atoms with Crippen molar-refractivity contribution < 1.29 is 4.79 Å². The molecule has 7 heteroatoms. The highest BCUT2D eigenvalue weighted by molar-refractivity contribution is 6.05. The molecule has 7 nitrogen and oxygen atoms in total. The molecule has 10 rings (SSSR count). The minimum atomic E-state index is -0.562. The topological polar surface area (TPSA) is 94.4 Å². The molecule has 0 N–H and O–H groups in total. The molecular formula is C59H44N6O. The molecule has 66 heavy (non-hydrogen) atoms. The summed E-state index contributed by atoms with van der Waals surface area (Å²) in [6, 6.07) is 65.0. The van der Waals surface area contributed by atoms with Crippen molar-refractivity contribution in [2.24, 2.45) is 0 Å². The molecule has 0 fully saturated rings. The molecule has 0 saturated carbocycles. The molecule has 0 bridgehead atoms. The predicted molar refractivity (Wildman–Crippen MR) is 266 cm³/mol.